The first kappa shape index (κ1) is 16.3. The van der Waals surface area contributed by atoms with E-state index in [1.54, 1.807) is 37.3 Å². The number of carbonyl (C=O) groups is 1. The van der Waals surface area contributed by atoms with E-state index in [1.165, 1.54) is 0 Å². The monoisotopic (exact) mass is 327 g/mol. The smallest absolute Gasteiger partial charge is 0.258 e. The van der Waals surface area contributed by atoms with Gasteiger partial charge in [0.2, 0.25) is 0 Å². The van der Waals surface area contributed by atoms with Gasteiger partial charge in [0.05, 0.1) is 26.0 Å². The molecule has 5 nitrogen and oxygen atoms in total. The first-order valence-electron chi connectivity index (χ1n) is 7.89. The van der Waals surface area contributed by atoms with Crippen molar-refractivity contribution < 1.29 is 19.4 Å². The summed E-state index contributed by atoms with van der Waals surface area (Å²) in [5.74, 6) is 0.973. The van der Waals surface area contributed by atoms with Crippen LogP contribution < -0.4 is 14.4 Å². The van der Waals surface area contributed by atoms with Crippen LogP contribution in [-0.4, -0.2) is 31.3 Å². The number of nitrogens with zero attached hydrogens (tertiary/aromatic N) is 1. The number of benzene rings is 2. The average Bonchev–Trinajstić information content (AvgIpc) is 2.61. The van der Waals surface area contributed by atoms with Crippen molar-refractivity contribution in [2.24, 2.45) is 0 Å². The van der Waals surface area contributed by atoms with Crippen LogP contribution in [0.25, 0.3) is 0 Å². The second-order valence-electron chi connectivity index (χ2n) is 5.90. The lowest BCUT2D eigenvalue weighted by molar-refractivity contribution is 0.0948. The molecular weight excluding hydrogens is 306 g/mol. The molecule has 5 heteroatoms. The Bertz CT molecular complexity index is 759. The minimum atomic E-state index is -0.550. The first-order chi connectivity index (χ1) is 11.6. The Morgan fingerprint density at radius 3 is 2.54 bits per heavy atom. The topological polar surface area (TPSA) is 59.0 Å². The summed E-state index contributed by atoms with van der Waals surface area (Å²) in [5.41, 5.74) is 2.05. The molecule has 0 aliphatic carbocycles. The second-order valence-corrected chi connectivity index (χ2v) is 5.90. The molecule has 0 fully saturated rings. The number of anilines is 1. The normalized spacial score (nSPS) is 19.6. The highest BCUT2D eigenvalue weighted by molar-refractivity contribution is 6.07. The lowest BCUT2D eigenvalue weighted by Gasteiger charge is -2.37. The molecule has 1 amide bonds. The van der Waals surface area contributed by atoms with Crippen LogP contribution in [0.3, 0.4) is 0 Å². The van der Waals surface area contributed by atoms with Gasteiger partial charge in [0.15, 0.2) is 11.5 Å². The SMILES string of the molecule is COc1ccc(C(=O)N2c3ccccc3[C@@H](O)C[C@H]2C)cc1OC. The summed E-state index contributed by atoms with van der Waals surface area (Å²) in [5, 5.41) is 10.3. The highest BCUT2D eigenvalue weighted by Crippen LogP contribution is 2.38. The molecule has 1 heterocycles. The van der Waals surface area contributed by atoms with Crippen LogP contribution >= 0.6 is 0 Å². The fourth-order valence-corrected chi connectivity index (χ4v) is 3.20. The van der Waals surface area contributed by atoms with E-state index in [2.05, 4.69) is 0 Å². The number of methoxy groups -OCH3 is 2. The number of carbonyl (C=O) groups excluding carboxylic acids is 1. The van der Waals surface area contributed by atoms with Crippen LogP contribution in [0.2, 0.25) is 0 Å². The van der Waals surface area contributed by atoms with Gasteiger partial charge in [-0.1, -0.05) is 18.2 Å². The summed E-state index contributed by atoms with van der Waals surface area (Å²) < 4.78 is 10.5. The lowest BCUT2D eigenvalue weighted by atomic mass is 9.93. The van der Waals surface area contributed by atoms with Gasteiger partial charge in [0, 0.05) is 17.2 Å². The summed E-state index contributed by atoms with van der Waals surface area (Å²) >= 11 is 0. The number of fused-ring (bicyclic) bond motifs is 1. The molecule has 1 aliphatic rings. The van der Waals surface area contributed by atoms with Crippen molar-refractivity contribution in [1.82, 2.24) is 0 Å². The van der Waals surface area contributed by atoms with Crippen molar-refractivity contribution in [3.63, 3.8) is 0 Å². The summed E-state index contributed by atoms with van der Waals surface area (Å²) in [4.78, 5) is 14.8. The predicted octanol–water partition coefficient (Wildman–Crippen LogP) is 3.18. The molecule has 0 spiro atoms. The van der Waals surface area contributed by atoms with Gasteiger partial charge in [-0.15, -0.1) is 0 Å². The number of ether oxygens (including phenoxy) is 2. The number of hydrogen-bond acceptors (Lipinski definition) is 4. The fraction of sp³-hybridized carbons (Fsp3) is 0.316. The van der Waals surface area contributed by atoms with Gasteiger partial charge in [-0.3, -0.25) is 4.79 Å². The lowest BCUT2D eigenvalue weighted by Crippen LogP contribution is -2.43. The number of aliphatic hydroxyl groups excluding tert-OH is 1. The fourth-order valence-electron chi connectivity index (χ4n) is 3.20. The Hall–Kier alpha value is -2.53. The van der Waals surface area contributed by atoms with Crippen molar-refractivity contribution in [2.75, 3.05) is 19.1 Å². The molecule has 0 radical (unpaired) electrons. The van der Waals surface area contributed by atoms with Gasteiger partial charge in [-0.25, -0.2) is 0 Å². The zero-order valence-corrected chi connectivity index (χ0v) is 14.0. The standard InChI is InChI=1S/C19H21NO4/c1-12-10-16(21)14-6-4-5-7-15(14)20(12)19(22)13-8-9-17(23-2)18(11-13)24-3/h4-9,11-12,16,21H,10H2,1-3H3/t12-,16+/m1/s1. The van der Waals surface area contributed by atoms with E-state index in [9.17, 15) is 9.90 Å². The molecule has 1 N–H and O–H groups in total. The molecule has 2 aromatic rings. The highest BCUT2D eigenvalue weighted by atomic mass is 16.5. The van der Waals surface area contributed by atoms with Crippen LogP contribution in [0.15, 0.2) is 42.5 Å². The molecule has 126 valence electrons. The van der Waals surface area contributed by atoms with E-state index < -0.39 is 6.10 Å². The van der Waals surface area contributed by atoms with Crippen molar-refractivity contribution in [2.45, 2.75) is 25.5 Å². The van der Waals surface area contributed by atoms with Gasteiger partial charge in [0.25, 0.3) is 5.91 Å². The van der Waals surface area contributed by atoms with E-state index in [0.29, 0.717) is 23.5 Å². The molecule has 0 saturated carbocycles. The Morgan fingerprint density at radius 2 is 1.83 bits per heavy atom. The molecule has 24 heavy (non-hydrogen) atoms. The zero-order chi connectivity index (χ0) is 17.3. The summed E-state index contributed by atoms with van der Waals surface area (Å²) in [6.45, 7) is 1.94. The Kier molecular flexibility index (Phi) is 4.44. The van der Waals surface area contributed by atoms with Crippen molar-refractivity contribution in [1.29, 1.82) is 0 Å². The molecule has 2 atom stereocenters. The molecule has 0 aromatic heterocycles. The van der Waals surface area contributed by atoms with E-state index >= 15 is 0 Å². The number of amides is 1. The van der Waals surface area contributed by atoms with E-state index in [0.717, 1.165) is 11.3 Å². The third-order valence-corrected chi connectivity index (χ3v) is 4.41. The van der Waals surface area contributed by atoms with Gasteiger partial charge in [0.1, 0.15) is 0 Å². The molecule has 0 saturated heterocycles. The van der Waals surface area contributed by atoms with Gasteiger partial charge in [-0.05, 0) is 37.6 Å². The molecule has 1 aliphatic heterocycles. The Morgan fingerprint density at radius 1 is 1.12 bits per heavy atom. The van der Waals surface area contributed by atoms with Crippen LogP contribution in [-0.2, 0) is 0 Å². The third kappa shape index (κ3) is 2.71. The predicted molar refractivity (Wildman–Crippen MR) is 91.8 cm³/mol. The van der Waals surface area contributed by atoms with Crippen molar-refractivity contribution in [3.8, 4) is 11.5 Å². The van der Waals surface area contributed by atoms with E-state index in [-0.39, 0.29) is 11.9 Å². The molecule has 0 unspecified atom stereocenters. The summed E-state index contributed by atoms with van der Waals surface area (Å²) in [6, 6.07) is 12.5. The van der Waals surface area contributed by atoms with Gasteiger partial charge >= 0.3 is 0 Å². The summed E-state index contributed by atoms with van der Waals surface area (Å²) in [6.07, 6.45) is -0.0404. The first-order valence-corrected chi connectivity index (χ1v) is 7.89. The van der Waals surface area contributed by atoms with Crippen LogP contribution in [0.1, 0.15) is 35.4 Å². The number of hydrogen-bond donors (Lipinski definition) is 1. The zero-order valence-electron chi connectivity index (χ0n) is 14.0. The highest BCUT2D eigenvalue weighted by Gasteiger charge is 2.33. The maximum atomic E-state index is 13.1. The summed E-state index contributed by atoms with van der Waals surface area (Å²) in [7, 11) is 3.10. The van der Waals surface area contributed by atoms with Gasteiger partial charge in [-0.2, -0.15) is 0 Å². The van der Waals surface area contributed by atoms with Crippen LogP contribution in [0, 0.1) is 0 Å². The molecule has 0 bridgehead atoms. The van der Waals surface area contributed by atoms with Crippen molar-refractivity contribution >= 4 is 11.6 Å². The maximum Gasteiger partial charge on any atom is 0.258 e. The molecule has 2 aromatic carbocycles. The number of aliphatic hydroxyl groups is 1. The average molecular weight is 327 g/mol. The van der Waals surface area contributed by atoms with Crippen LogP contribution in [0.5, 0.6) is 11.5 Å². The van der Waals surface area contributed by atoms with Crippen LogP contribution in [0.4, 0.5) is 5.69 Å². The largest absolute Gasteiger partial charge is 0.493 e. The number of para-hydroxylation sites is 1. The molecular formula is C19H21NO4. The minimum absolute atomic E-state index is 0.101. The Labute approximate surface area is 141 Å². The minimum Gasteiger partial charge on any atom is -0.493 e. The van der Waals surface area contributed by atoms with E-state index in [4.69, 9.17) is 9.47 Å². The van der Waals surface area contributed by atoms with Crippen molar-refractivity contribution in [3.05, 3.63) is 53.6 Å². The second kappa shape index (κ2) is 6.53. The Balaban J connectivity index is 2.02. The van der Waals surface area contributed by atoms with E-state index in [1.807, 2.05) is 31.2 Å². The van der Waals surface area contributed by atoms with Gasteiger partial charge < -0.3 is 19.5 Å². The number of rotatable bonds is 3. The third-order valence-electron chi connectivity index (χ3n) is 4.41. The maximum absolute atomic E-state index is 13.1. The quantitative estimate of drug-likeness (QED) is 0.941. The molecule has 3 rings (SSSR count).